The normalized spacial score (nSPS) is 12.1. The van der Waals surface area contributed by atoms with Gasteiger partial charge in [-0.2, -0.15) is 4.98 Å². The molecule has 0 aliphatic heterocycles. The van der Waals surface area contributed by atoms with Gasteiger partial charge in [0, 0.05) is 17.9 Å². The van der Waals surface area contributed by atoms with Crippen molar-refractivity contribution in [1.82, 2.24) is 24.7 Å². The number of hydrogen-bond acceptors (Lipinski definition) is 6. The molecule has 0 spiro atoms. The Morgan fingerprint density at radius 3 is 2.86 bits per heavy atom. The zero-order chi connectivity index (χ0) is 20.2. The van der Waals surface area contributed by atoms with Gasteiger partial charge in [0.25, 0.3) is 0 Å². The van der Waals surface area contributed by atoms with Gasteiger partial charge in [0.1, 0.15) is 5.02 Å². The highest BCUT2D eigenvalue weighted by atomic mass is 35.5. The number of aromatic nitrogens is 4. The van der Waals surface area contributed by atoms with Crippen molar-refractivity contribution in [2.45, 2.75) is 6.54 Å². The number of hydrogen-bond donors (Lipinski definition) is 5. The molecular formula is C18H16ClN7O2S. The summed E-state index contributed by atoms with van der Waals surface area (Å²) in [7, 11) is 0. The predicted octanol–water partition coefficient (Wildman–Crippen LogP) is 3.72. The van der Waals surface area contributed by atoms with E-state index in [1.165, 1.54) is 6.20 Å². The number of imidazole rings is 1. The van der Waals surface area contributed by atoms with Gasteiger partial charge in [0.05, 0.1) is 23.6 Å². The molecule has 2 aromatic heterocycles. The van der Waals surface area contributed by atoms with E-state index in [-0.39, 0.29) is 6.54 Å². The highest BCUT2D eigenvalue weighted by Crippen LogP contribution is 2.27. The Morgan fingerprint density at radius 1 is 1.14 bits per heavy atom. The van der Waals surface area contributed by atoms with Crippen LogP contribution in [0.3, 0.4) is 0 Å². The van der Waals surface area contributed by atoms with Gasteiger partial charge in [0.15, 0.2) is 5.82 Å². The first kappa shape index (κ1) is 19.3. The summed E-state index contributed by atoms with van der Waals surface area (Å²) < 4.78 is 22.3. The van der Waals surface area contributed by atoms with E-state index in [2.05, 4.69) is 35.3 Å². The van der Waals surface area contributed by atoms with Crippen LogP contribution in [0.15, 0.2) is 55.0 Å². The lowest BCUT2D eigenvalue weighted by Crippen LogP contribution is -2.16. The summed E-state index contributed by atoms with van der Waals surface area (Å²) in [5.74, 6) is 0.771. The third-order valence-corrected chi connectivity index (χ3v) is 4.74. The second kappa shape index (κ2) is 8.53. The lowest BCUT2D eigenvalue weighted by atomic mass is 10.2. The molecule has 9 nitrogen and oxygen atoms in total. The van der Waals surface area contributed by atoms with E-state index >= 15 is 0 Å². The minimum atomic E-state index is -2.11. The number of rotatable bonds is 7. The lowest BCUT2D eigenvalue weighted by Gasteiger charge is -2.13. The zero-order valence-electron chi connectivity index (χ0n) is 14.9. The van der Waals surface area contributed by atoms with Crippen molar-refractivity contribution < 1.29 is 8.76 Å². The van der Waals surface area contributed by atoms with Gasteiger partial charge >= 0.3 is 0 Å². The molecule has 1 atom stereocenters. The van der Waals surface area contributed by atoms with Crippen LogP contribution < -0.4 is 15.4 Å². The van der Waals surface area contributed by atoms with Crippen LogP contribution in [-0.4, -0.2) is 28.7 Å². The highest BCUT2D eigenvalue weighted by molar-refractivity contribution is 7.77. The third-order valence-electron chi connectivity index (χ3n) is 4.08. The second-order valence-corrected chi connectivity index (χ2v) is 7.20. The second-order valence-electron chi connectivity index (χ2n) is 6.00. The average Bonchev–Trinajstić information content (AvgIpc) is 3.17. The number of fused-ring (bicyclic) bond motifs is 1. The fourth-order valence-electron chi connectivity index (χ4n) is 2.72. The van der Waals surface area contributed by atoms with E-state index < -0.39 is 11.3 Å². The average molecular weight is 430 g/mol. The molecule has 0 saturated heterocycles. The molecule has 0 amide bonds. The fourth-order valence-corrected chi connectivity index (χ4v) is 3.14. The van der Waals surface area contributed by atoms with Crippen molar-refractivity contribution in [3.05, 3.63) is 65.6 Å². The molecule has 2 heterocycles. The van der Waals surface area contributed by atoms with E-state index in [0.717, 1.165) is 22.3 Å². The van der Waals surface area contributed by atoms with Crippen molar-refractivity contribution in [2.75, 3.05) is 10.6 Å². The van der Waals surface area contributed by atoms with Crippen LogP contribution in [0.25, 0.3) is 11.0 Å². The molecule has 4 aromatic rings. The van der Waals surface area contributed by atoms with Crippen LogP contribution >= 0.6 is 11.6 Å². The van der Waals surface area contributed by atoms with Gasteiger partial charge in [-0.25, -0.2) is 18.9 Å². The monoisotopic (exact) mass is 429 g/mol. The van der Waals surface area contributed by atoms with E-state index in [1.807, 2.05) is 42.5 Å². The quantitative estimate of drug-likeness (QED) is 0.283. The van der Waals surface area contributed by atoms with E-state index in [1.54, 1.807) is 6.33 Å². The smallest absolute Gasteiger partial charge is 0.232 e. The maximum atomic E-state index is 10.9. The molecule has 0 radical (unpaired) electrons. The molecule has 4 rings (SSSR count). The SMILES string of the molecule is O=S(O)NCc1ccccc1Nc1nc(Nc2ccc3nc[nH]c3c2)ncc1Cl. The summed E-state index contributed by atoms with van der Waals surface area (Å²) in [6.45, 7) is 0.199. The van der Waals surface area contributed by atoms with Crippen LogP contribution in [0.1, 0.15) is 5.56 Å². The molecule has 0 fully saturated rings. The number of nitrogens with one attached hydrogen (secondary N) is 4. The number of aromatic amines is 1. The van der Waals surface area contributed by atoms with Crippen molar-refractivity contribution in [1.29, 1.82) is 0 Å². The van der Waals surface area contributed by atoms with E-state index in [4.69, 9.17) is 16.2 Å². The van der Waals surface area contributed by atoms with Crippen molar-refractivity contribution >= 4 is 57.0 Å². The Kier molecular flexibility index (Phi) is 5.67. The van der Waals surface area contributed by atoms with Gasteiger partial charge in [-0.05, 0) is 29.8 Å². The van der Waals surface area contributed by atoms with Crippen molar-refractivity contribution in [2.24, 2.45) is 0 Å². The first-order valence-electron chi connectivity index (χ1n) is 8.50. The number of halogens is 1. The maximum Gasteiger partial charge on any atom is 0.232 e. The Labute approximate surface area is 173 Å². The molecule has 11 heteroatoms. The minimum Gasteiger partial charge on any atom is -0.345 e. The Morgan fingerprint density at radius 2 is 2.00 bits per heavy atom. The lowest BCUT2D eigenvalue weighted by molar-refractivity contribution is 0.549. The molecule has 5 N–H and O–H groups in total. The largest absolute Gasteiger partial charge is 0.345 e. The first-order chi connectivity index (χ1) is 14.1. The summed E-state index contributed by atoms with van der Waals surface area (Å²) in [6.07, 6.45) is 3.13. The van der Waals surface area contributed by atoms with Gasteiger partial charge in [-0.15, -0.1) is 0 Å². The van der Waals surface area contributed by atoms with Gasteiger partial charge < -0.3 is 15.6 Å². The van der Waals surface area contributed by atoms with Crippen LogP contribution in [0.4, 0.5) is 23.1 Å². The molecule has 0 aliphatic rings. The molecule has 2 aromatic carbocycles. The summed E-state index contributed by atoms with van der Waals surface area (Å²) in [4.78, 5) is 15.9. The Balaban J connectivity index is 1.56. The number of para-hydroxylation sites is 1. The topological polar surface area (TPSA) is 128 Å². The molecular weight excluding hydrogens is 414 g/mol. The van der Waals surface area contributed by atoms with Crippen molar-refractivity contribution in [3.63, 3.8) is 0 Å². The van der Waals surface area contributed by atoms with Crippen LogP contribution in [0.5, 0.6) is 0 Å². The summed E-state index contributed by atoms with van der Waals surface area (Å²) in [5.41, 5.74) is 4.04. The standard InChI is InChI=1S/C18H16ClN7O2S/c19-13-9-20-18(24-12-5-6-15-16(7-12)22-10-21-15)26-17(13)25-14-4-2-1-3-11(14)8-23-29(27)28/h1-7,9-10,23H,8H2,(H,21,22)(H,27,28)(H2,20,24,25,26). The van der Waals surface area contributed by atoms with Crippen molar-refractivity contribution in [3.8, 4) is 0 Å². The Hall–Kier alpha value is -3.05. The van der Waals surface area contributed by atoms with Crippen LogP contribution in [-0.2, 0) is 17.8 Å². The zero-order valence-corrected chi connectivity index (χ0v) is 16.5. The van der Waals surface area contributed by atoms with Gasteiger partial charge in [0.2, 0.25) is 17.2 Å². The third kappa shape index (κ3) is 4.69. The van der Waals surface area contributed by atoms with Crippen LogP contribution in [0, 0.1) is 0 Å². The van der Waals surface area contributed by atoms with E-state index in [9.17, 15) is 4.21 Å². The number of anilines is 4. The summed E-state index contributed by atoms with van der Waals surface area (Å²) >= 11 is 4.15. The van der Waals surface area contributed by atoms with Gasteiger partial charge in [-0.1, -0.05) is 29.8 Å². The summed E-state index contributed by atoms with van der Waals surface area (Å²) in [6, 6.07) is 13.0. The molecule has 0 aliphatic carbocycles. The number of benzene rings is 2. The fraction of sp³-hybridized carbons (Fsp3) is 0.0556. The predicted molar refractivity (Wildman–Crippen MR) is 114 cm³/mol. The van der Waals surface area contributed by atoms with Gasteiger partial charge in [-0.3, -0.25) is 4.55 Å². The van der Waals surface area contributed by atoms with E-state index in [0.29, 0.717) is 22.5 Å². The summed E-state index contributed by atoms with van der Waals surface area (Å²) in [5, 5.41) is 6.64. The molecule has 0 saturated carbocycles. The minimum absolute atomic E-state index is 0.199. The molecule has 148 valence electrons. The molecule has 0 bridgehead atoms. The highest BCUT2D eigenvalue weighted by Gasteiger charge is 2.10. The molecule has 1 unspecified atom stereocenters. The maximum absolute atomic E-state index is 10.9. The first-order valence-corrected chi connectivity index (χ1v) is 9.99. The Bertz CT molecular complexity index is 1180. The molecule has 29 heavy (non-hydrogen) atoms. The number of nitrogens with zero attached hydrogens (tertiary/aromatic N) is 3. The van der Waals surface area contributed by atoms with Crippen LogP contribution in [0.2, 0.25) is 5.02 Å². The number of H-pyrrole nitrogens is 1.